The first-order valence-electron chi connectivity index (χ1n) is 8.09. The third kappa shape index (κ3) is 1.73. The molecule has 1 heterocycles. The molecule has 0 aromatic carbocycles. The summed E-state index contributed by atoms with van der Waals surface area (Å²) in [6.07, 6.45) is 7.27. The Hall–Kier alpha value is -1.06. The lowest BCUT2D eigenvalue weighted by atomic mass is 9.88. The van der Waals surface area contributed by atoms with Crippen LogP contribution in [0.3, 0.4) is 0 Å². The van der Waals surface area contributed by atoms with Crippen LogP contribution in [-0.4, -0.2) is 34.8 Å². The van der Waals surface area contributed by atoms with Crippen LogP contribution in [-0.2, 0) is 9.59 Å². The minimum atomic E-state index is -0.636. The van der Waals surface area contributed by atoms with Crippen molar-refractivity contribution >= 4 is 11.8 Å². The smallest absolute Gasteiger partial charge is 0.249 e. The van der Waals surface area contributed by atoms with Crippen molar-refractivity contribution in [3.63, 3.8) is 0 Å². The van der Waals surface area contributed by atoms with Crippen LogP contribution < -0.4 is 5.32 Å². The number of amides is 2. The summed E-state index contributed by atoms with van der Waals surface area (Å²) >= 11 is 0. The number of nitrogens with zero attached hydrogens (tertiary/aromatic N) is 1. The Labute approximate surface area is 120 Å². The summed E-state index contributed by atoms with van der Waals surface area (Å²) in [7, 11) is 0. The van der Waals surface area contributed by atoms with Crippen LogP contribution in [0.25, 0.3) is 0 Å². The van der Waals surface area contributed by atoms with Gasteiger partial charge in [0.25, 0.3) is 0 Å². The predicted molar refractivity (Wildman–Crippen MR) is 74.8 cm³/mol. The molecule has 4 nitrogen and oxygen atoms in total. The Kier molecular flexibility index (Phi) is 2.39. The maximum Gasteiger partial charge on any atom is 0.249 e. The molecule has 1 aliphatic heterocycles. The molecule has 2 unspecified atom stereocenters. The number of carbonyl (C=O) groups is 2. The molecule has 4 aliphatic rings. The van der Waals surface area contributed by atoms with Gasteiger partial charge in [-0.25, -0.2) is 0 Å². The topological polar surface area (TPSA) is 49.4 Å². The fraction of sp³-hybridized carbons (Fsp3) is 0.875. The molecule has 0 bridgehead atoms. The molecule has 0 radical (unpaired) electrons. The van der Waals surface area contributed by atoms with E-state index in [2.05, 4.69) is 5.32 Å². The minimum absolute atomic E-state index is 0.0330. The van der Waals surface area contributed by atoms with Crippen molar-refractivity contribution < 1.29 is 9.59 Å². The van der Waals surface area contributed by atoms with E-state index >= 15 is 0 Å². The molecular formula is C16H24N2O2. The van der Waals surface area contributed by atoms with Gasteiger partial charge in [-0.3, -0.25) is 9.59 Å². The highest BCUT2D eigenvalue weighted by molar-refractivity contribution is 5.99. The molecule has 110 valence electrons. The lowest BCUT2D eigenvalue weighted by Gasteiger charge is -2.45. The minimum Gasteiger partial charge on any atom is -0.340 e. The van der Waals surface area contributed by atoms with Crippen molar-refractivity contribution in [2.24, 2.45) is 17.3 Å². The monoisotopic (exact) mass is 276 g/mol. The number of nitrogens with one attached hydrogen (secondary N) is 1. The molecule has 0 aromatic heterocycles. The van der Waals surface area contributed by atoms with Crippen LogP contribution in [0.15, 0.2) is 0 Å². The molecule has 0 aromatic rings. The lowest BCUT2D eigenvalue weighted by molar-refractivity contribution is -0.155. The second-order valence-electron chi connectivity index (χ2n) is 7.71. The summed E-state index contributed by atoms with van der Waals surface area (Å²) in [6, 6.07) is -0.300. The molecular weight excluding hydrogens is 252 g/mol. The van der Waals surface area contributed by atoms with Crippen molar-refractivity contribution in [2.45, 2.75) is 64.0 Å². The largest absolute Gasteiger partial charge is 0.340 e. The van der Waals surface area contributed by atoms with Gasteiger partial charge in [0.15, 0.2) is 0 Å². The second kappa shape index (κ2) is 3.77. The van der Waals surface area contributed by atoms with E-state index < -0.39 is 5.54 Å². The average Bonchev–Trinajstić information content (AvgIpc) is 3.29. The van der Waals surface area contributed by atoms with Crippen molar-refractivity contribution in [3.8, 4) is 0 Å². The number of rotatable bonds is 4. The van der Waals surface area contributed by atoms with Gasteiger partial charge >= 0.3 is 0 Å². The van der Waals surface area contributed by atoms with Gasteiger partial charge in [0, 0.05) is 6.54 Å². The quantitative estimate of drug-likeness (QED) is 0.849. The van der Waals surface area contributed by atoms with E-state index in [1.807, 2.05) is 18.7 Å². The molecule has 1 N–H and O–H groups in total. The Bertz CT molecular complexity index is 477. The summed E-state index contributed by atoms with van der Waals surface area (Å²) in [5, 5.41) is 3.01. The second-order valence-corrected chi connectivity index (χ2v) is 7.71. The molecule has 1 saturated heterocycles. The normalized spacial score (nSPS) is 39.7. The highest BCUT2D eigenvalue weighted by Crippen LogP contribution is 2.62. The number of piperazine rings is 1. The number of hydrogen-bond acceptors (Lipinski definition) is 2. The van der Waals surface area contributed by atoms with Crippen LogP contribution in [0.4, 0.5) is 0 Å². The fourth-order valence-electron chi connectivity index (χ4n) is 4.07. The number of hydrogen-bond donors (Lipinski definition) is 1. The van der Waals surface area contributed by atoms with Crippen molar-refractivity contribution in [3.05, 3.63) is 0 Å². The lowest BCUT2D eigenvalue weighted by Crippen LogP contribution is -2.70. The standard InChI is InChI=1S/C16H24N2O2/c1-10-13(19)17-15(2,11-3-4-11)14(20)18(10)9-16(7-8-16)12-5-6-12/h10-12H,3-9H2,1-2H3,(H,17,19). The maximum atomic E-state index is 12.9. The fourth-order valence-corrected chi connectivity index (χ4v) is 4.07. The highest BCUT2D eigenvalue weighted by Gasteiger charge is 2.59. The molecule has 20 heavy (non-hydrogen) atoms. The summed E-state index contributed by atoms with van der Waals surface area (Å²) in [5.41, 5.74) is -0.269. The van der Waals surface area contributed by atoms with E-state index in [9.17, 15) is 9.59 Å². The van der Waals surface area contributed by atoms with Gasteiger partial charge < -0.3 is 10.2 Å². The number of carbonyl (C=O) groups excluding carboxylic acids is 2. The third-order valence-electron chi connectivity index (χ3n) is 6.15. The maximum absolute atomic E-state index is 12.9. The Morgan fingerprint density at radius 3 is 2.25 bits per heavy atom. The Morgan fingerprint density at radius 1 is 1.15 bits per heavy atom. The van der Waals surface area contributed by atoms with E-state index in [1.54, 1.807) is 0 Å². The summed E-state index contributed by atoms with van der Waals surface area (Å²) in [4.78, 5) is 27.1. The molecule has 2 amide bonds. The van der Waals surface area contributed by atoms with Crippen molar-refractivity contribution in [2.75, 3.05) is 6.54 Å². The Morgan fingerprint density at radius 2 is 1.75 bits per heavy atom. The highest BCUT2D eigenvalue weighted by atomic mass is 16.2. The van der Waals surface area contributed by atoms with Gasteiger partial charge in [-0.2, -0.15) is 0 Å². The van der Waals surface area contributed by atoms with Gasteiger partial charge in [0.05, 0.1) is 0 Å². The molecule has 2 atom stereocenters. The van der Waals surface area contributed by atoms with E-state index in [-0.39, 0.29) is 17.9 Å². The van der Waals surface area contributed by atoms with Crippen LogP contribution in [0.1, 0.15) is 52.4 Å². The van der Waals surface area contributed by atoms with E-state index in [1.165, 1.54) is 25.7 Å². The van der Waals surface area contributed by atoms with E-state index in [0.717, 1.165) is 25.3 Å². The molecule has 3 aliphatic carbocycles. The average molecular weight is 276 g/mol. The first kappa shape index (κ1) is 12.7. The zero-order valence-electron chi connectivity index (χ0n) is 12.4. The molecule has 4 heteroatoms. The predicted octanol–water partition coefficient (Wildman–Crippen LogP) is 1.69. The summed E-state index contributed by atoms with van der Waals surface area (Å²) < 4.78 is 0. The van der Waals surface area contributed by atoms with Crippen LogP contribution in [0.5, 0.6) is 0 Å². The van der Waals surface area contributed by atoms with Gasteiger partial charge in [0.1, 0.15) is 11.6 Å². The summed E-state index contributed by atoms with van der Waals surface area (Å²) in [6.45, 7) is 4.62. The van der Waals surface area contributed by atoms with Crippen LogP contribution in [0.2, 0.25) is 0 Å². The van der Waals surface area contributed by atoms with E-state index in [0.29, 0.717) is 11.3 Å². The van der Waals surface area contributed by atoms with Crippen molar-refractivity contribution in [1.82, 2.24) is 10.2 Å². The zero-order valence-corrected chi connectivity index (χ0v) is 12.4. The SMILES string of the molecule is CC1C(=O)NC(C)(C2CC2)C(=O)N1CC1(C2CC2)CC1. The van der Waals surface area contributed by atoms with E-state index in [4.69, 9.17) is 0 Å². The Balaban J connectivity index is 1.59. The third-order valence-corrected chi connectivity index (χ3v) is 6.15. The van der Waals surface area contributed by atoms with Gasteiger partial charge in [-0.05, 0) is 69.6 Å². The van der Waals surface area contributed by atoms with Crippen LogP contribution in [0, 0.1) is 17.3 Å². The van der Waals surface area contributed by atoms with Gasteiger partial charge in [-0.1, -0.05) is 0 Å². The molecule has 4 rings (SSSR count). The summed E-state index contributed by atoms with van der Waals surface area (Å²) in [5.74, 6) is 1.37. The van der Waals surface area contributed by atoms with Gasteiger partial charge in [0.2, 0.25) is 11.8 Å². The first-order chi connectivity index (χ1) is 9.46. The van der Waals surface area contributed by atoms with Crippen LogP contribution >= 0.6 is 0 Å². The molecule has 3 saturated carbocycles. The molecule has 0 spiro atoms. The zero-order chi connectivity index (χ0) is 14.1. The first-order valence-corrected chi connectivity index (χ1v) is 8.09. The molecule has 4 fully saturated rings. The van der Waals surface area contributed by atoms with Gasteiger partial charge in [-0.15, -0.1) is 0 Å². The van der Waals surface area contributed by atoms with Crippen molar-refractivity contribution in [1.29, 1.82) is 0 Å².